The Morgan fingerprint density at radius 3 is 2.12 bits per heavy atom. The molecule has 0 unspecified atom stereocenters. The van der Waals surface area contributed by atoms with Crippen molar-refractivity contribution in [2.24, 2.45) is 5.73 Å². The lowest BCUT2D eigenvalue weighted by molar-refractivity contribution is -0.138. The van der Waals surface area contributed by atoms with Gasteiger partial charge in [0.05, 0.1) is 11.4 Å². The Bertz CT molecular complexity index is 394. The van der Waals surface area contributed by atoms with Crippen LogP contribution in [0.4, 0.5) is 22.0 Å². The summed E-state index contributed by atoms with van der Waals surface area (Å²) in [6.07, 6.45) is -6.03. The van der Waals surface area contributed by atoms with Crippen LogP contribution in [0.25, 0.3) is 0 Å². The molecule has 0 saturated carbocycles. The van der Waals surface area contributed by atoms with E-state index in [1.165, 1.54) is 0 Å². The van der Waals surface area contributed by atoms with Gasteiger partial charge in [-0.1, -0.05) is 11.6 Å². The normalized spacial score (nSPS) is 13.1. The molecule has 0 amide bonds. The molecule has 8 heteroatoms. The first-order chi connectivity index (χ1) is 7.22. The Morgan fingerprint density at radius 2 is 1.65 bits per heavy atom. The van der Waals surface area contributed by atoms with Gasteiger partial charge in [-0.25, -0.2) is 8.78 Å². The van der Waals surface area contributed by atoms with Crippen LogP contribution in [0.2, 0.25) is 5.02 Å². The summed E-state index contributed by atoms with van der Waals surface area (Å²) >= 11 is 5.36. The molecule has 0 heterocycles. The van der Waals surface area contributed by atoms with E-state index in [1.807, 2.05) is 0 Å². The van der Waals surface area contributed by atoms with Crippen molar-refractivity contribution in [1.82, 2.24) is 0 Å². The lowest BCUT2D eigenvalue weighted by Gasteiger charge is -2.16. The van der Waals surface area contributed by atoms with Crippen LogP contribution in [0.5, 0.6) is 0 Å². The summed E-state index contributed by atoms with van der Waals surface area (Å²) in [6.45, 7) is 0. The molecule has 0 aromatic heterocycles. The average Bonchev–Trinajstić information content (AvgIpc) is 2.09. The van der Waals surface area contributed by atoms with Crippen LogP contribution < -0.4 is 5.73 Å². The predicted molar refractivity (Wildman–Crippen MR) is 56.2 cm³/mol. The van der Waals surface area contributed by atoms with Crippen LogP contribution in [0.15, 0.2) is 12.1 Å². The van der Waals surface area contributed by atoms with Crippen LogP contribution in [-0.4, -0.2) is 6.18 Å². The largest absolute Gasteiger partial charge is 0.390 e. The van der Waals surface area contributed by atoms with E-state index >= 15 is 0 Å². The van der Waals surface area contributed by atoms with Crippen molar-refractivity contribution in [3.8, 4) is 0 Å². The van der Waals surface area contributed by atoms with Gasteiger partial charge in [0.15, 0.2) is 0 Å². The molecule has 17 heavy (non-hydrogen) atoms. The van der Waals surface area contributed by atoms with Crippen molar-refractivity contribution in [2.75, 3.05) is 0 Å². The maximum atomic E-state index is 13.2. The third-order valence-electron chi connectivity index (χ3n) is 1.90. The SMILES string of the molecule is Cl.N[C@@H](CC(F)(F)F)c1c(F)ccc(F)c1Cl. The highest BCUT2D eigenvalue weighted by Gasteiger charge is 2.33. The standard InChI is InChI=1S/C9H7ClF5N.ClH/c10-8-5(12)2-1-4(11)7(8)6(16)3-9(13,14)15;/h1-2,6H,3,16H2;1H/t6-;/m0./s1. The summed E-state index contributed by atoms with van der Waals surface area (Å²) in [5, 5.41) is -0.711. The first kappa shape index (κ1) is 16.4. The average molecular weight is 296 g/mol. The summed E-state index contributed by atoms with van der Waals surface area (Å²) in [7, 11) is 0. The highest BCUT2D eigenvalue weighted by atomic mass is 35.5. The van der Waals surface area contributed by atoms with Gasteiger partial charge in [0.25, 0.3) is 0 Å². The maximum Gasteiger partial charge on any atom is 0.390 e. The lowest BCUT2D eigenvalue weighted by Crippen LogP contribution is -2.21. The molecule has 1 aromatic rings. The summed E-state index contributed by atoms with van der Waals surface area (Å²) in [6, 6.07) is -0.308. The Kier molecular flexibility index (Phi) is 5.64. The number of alkyl halides is 3. The first-order valence-electron chi connectivity index (χ1n) is 4.18. The minimum Gasteiger partial charge on any atom is -0.324 e. The van der Waals surface area contributed by atoms with Gasteiger partial charge in [-0.15, -0.1) is 12.4 Å². The molecule has 98 valence electrons. The summed E-state index contributed by atoms with van der Waals surface area (Å²) in [4.78, 5) is 0. The van der Waals surface area contributed by atoms with Gasteiger partial charge in [0.1, 0.15) is 11.6 Å². The van der Waals surface area contributed by atoms with Crippen LogP contribution in [-0.2, 0) is 0 Å². The number of rotatable bonds is 2. The third-order valence-corrected chi connectivity index (χ3v) is 2.29. The summed E-state index contributed by atoms with van der Waals surface area (Å²) in [5.74, 6) is -2.06. The van der Waals surface area contributed by atoms with Gasteiger partial charge in [0.2, 0.25) is 0 Å². The van der Waals surface area contributed by atoms with Crippen molar-refractivity contribution in [3.05, 3.63) is 34.4 Å². The second kappa shape index (κ2) is 5.84. The zero-order valence-electron chi connectivity index (χ0n) is 8.19. The van der Waals surface area contributed by atoms with E-state index in [2.05, 4.69) is 0 Å². The van der Waals surface area contributed by atoms with Gasteiger partial charge in [-0.3, -0.25) is 0 Å². The molecule has 0 aliphatic rings. The Morgan fingerprint density at radius 1 is 1.18 bits per heavy atom. The zero-order valence-corrected chi connectivity index (χ0v) is 9.76. The molecular weight excluding hydrogens is 288 g/mol. The van der Waals surface area contributed by atoms with Crippen molar-refractivity contribution >= 4 is 24.0 Å². The van der Waals surface area contributed by atoms with Crippen LogP contribution in [0.1, 0.15) is 18.0 Å². The van der Waals surface area contributed by atoms with E-state index in [0.29, 0.717) is 6.07 Å². The minimum absolute atomic E-state index is 0. The monoisotopic (exact) mass is 295 g/mol. The number of benzene rings is 1. The maximum absolute atomic E-state index is 13.2. The molecule has 1 rings (SSSR count). The summed E-state index contributed by atoms with van der Waals surface area (Å²) in [5.41, 5.74) is 4.49. The quantitative estimate of drug-likeness (QED) is 0.648. The van der Waals surface area contributed by atoms with Gasteiger partial charge >= 0.3 is 6.18 Å². The highest BCUT2D eigenvalue weighted by Crippen LogP contribution is 2.33. The molecular formula is C9H8Cl2F5N. The Labute approximate surface area is 105 Å². The molecule has 0 saturated heterocycles. The smallest absolute Gasteiger partial charge is 0.324 e. The molecule has 1 aromatic carbocycles. The molecule has 0 aliphatic heterocycles. The second-order valence-corrected chi connectivity index (χ2v) is 3.56. The second-order valence-electron chi connectivity index (χ2n) is 3.18. The predicted octanol–water partition coefficient (Wildman–Crippen LogP) is 3.99. The van der Waals surface area contributed by atoms with Gasteiger partial charge in [-0.2, -0.15) is 13.2 Å². The number of hydrogen-bond donors (Lipinski definition) is 1. The number of halogens is 7. The molecule has 0 spiro atoms. The fourth-order valence-corrected chi connectivity index (χ4v) is 1.53. The fourth-order valence-electron chi connectivity index (χ4n) is 1.23. The van der Waals surface area contributed by atoms with E-state index in [-0.39, 0.29) is 12.4 Å². The molecule has 0 bridgehead atoms. The van der Waals surface area contributed by atoms with Crippen LogP contribution in [0.3, 0.4) is 0 Å². The molecule has 0 radical (unpaired) electrons. The third kappa shape index (κ3) is 4.29. The number of nitrogens with two attached hydrogens (primary N) is 1. The number of hydrogen-bond acceptors (Lipinski definition) is 1. The molecule has 1 atom stereocenters. The molecule has 0 aliphatic carbocycles. The fraction of sp³-hybridized carbons (Fsp3) is 0.333. The first-order valence-corrected chi connectivity index (χ1v) is 4.56. The van der Waals surface area contributed by atoms with E-state index in [4.69, 9.17) is 17.3 Å². The van der Waals surface area contributed by atoms with Crippen molar-refractivity contribution < 1.29 is 22.0 Å². The molecule has 2 N–H and O–H groups in total. The Balaban J connectivity index is 0.00000256. The van der Waals surface area contributed by atoms with E-state index in [0.717, 1.165) is 6.07 Å². The van der Waals surface area contributed by atoms with E-state index in [1.54, 1.807) is 0 Å². The lowest BCUT2D eigenvalue weighted by atomic mass is 10.0. The van der Waals surface area contributed by atoms with E-state index in [9.17, 15) is 22.0 Å². The van der Waals surface area contributed by atoms with Crippen LogP contribution >= 0.6 is 24.0 Å². The highest BCUT2D eigenvalue weighted by molar-refractivity contribution is 6.31. The minimum atomic E-state index is -4.57. The Hall–Kier alpha value is -0.590. The summed E-state index contributed by atoms with van der Waals surface area (Å²) < 4.78 is 62.1. The van der Waals surface area contributed by atoms with Crippen LogP contribution in [0, 0.1) is 11.6 Å². The van der Waals surface area contributed by atoms with Gasteiger partial charge in [-0.05, 0) is 12.1 Å². The zero-order chi connectivity index (χ0) is 12.5. The van der Waals surface area contributed by atoms with Crippen molar-refractivity contribution in [1.29, 1.82) is 0 Å². The molecule has 1 nitrogen and oxygen atoms in total. The van der Waals surface area contributed by atoms with Crippen molar-refractivity contribution in [3.63, 3.8) is 0 Å². The molecule has 0 fully saturated rings. The van der Waals surface area contributed by atoms with Gasteiger partial charge < -0.3 is 5.73 Å². The van der Waals surface area contributed by atoms with E-state index < -0.39 is 40.9 Å². The van der Waals surface area contributed by atoms with Gasteiger partial charge in [0, 0.05) is 11.6 Å². The van der Waals surface area contributed by atoms with Crippen molar-refractivity contribution in [2.45, 2.75) is 18.6 Å². The topological polar surface area (TPSA) is 26.0 Å².